The van der Waals surface area contributed by atoms with Crippen LogP contribution in [0.25, 0.3) is 0 Å². The van der Waals surface area contributed by atoms with E-state index in [4.69, 9.17) is 11.5 Å². The van der Waals surface area contributed by atoms with Gasteiger partial charge in [0.05, 0.1) is 12.6 Å². The van der Waals surface area contributed by atoms with E-state index in [1.807, 2.05) is 13.8 Å². The Bertz CT molecular complexity index is 457. The molecule has 0 fully saturated rings. The number of carbonyl (C=O) groups is 3. The molecule has 0 aliphatic heterocycles. The number of nitrogens with two attached hydrogens (primary N) is 2. The molecule has 0 bridgehead atoms. The lowest BCUT2D eigenvalue weighted by Gasteiger charge is -2.22. The molecule has 0 aromatic rings. The Labute approximate surface area is 162 Å². The first kappa shape index (κ1) is 25.3. The summed E-state index contributed by atoms with van der Waals surface area (Å²) in [5.74, 6) is -1.64. The molecule has 3 amide bonds. The summed E-state index contributed by atoms with van der Waals surface area (Å²) >= 11 is 0. The van der Waals surface area contributed by atoms with Crippen molar-refractivity contribution in [2.75, 3.05) is 6.61 Å². The van der Waals surface area contributed by atoms with E-state index in [1.165, 1.54) is 19.3 Å². The van der Waals surface area contributed by atoms with E-state index >= 15 is 0 Å². The Morgan fingerprint density at radius 3 is 2.00 bits per heavy atom. The van der Waals surface area contributed by atoms with Gasteiger partial charge in [0.1, 0.15) is 12.1 Å². The molecule has 0 saturated carbocycles. The summed E-state index contributed by atoms with van der Waals surface area (Å²) in [6.07, 6.45) is 7.45. The molecular formula is C19H38N4O4. The molecule has 27 heavy (non-hydrogen) atoms. The van der Waals surface area contributed by atoms with E-state index in [1.54, 1.807) is 0 Å². The number of aliphatic hydroxyl groups is 1. The third kappa shape index (κ3) is 11.6. The van der Waals surface area contributed by atoms with Gasteiger partial charge in [0.25, 0.3) is 0 Å². The number of amides is 3. The molecule has 8 heteroatoms. The van der Waals surface area contributed by atoms with Crippen LogP contribution in [0.1, 0.15) is 72.1 Å². The second-order valence-electron chi connectivity index (χ2n) is 7.50. The molecule has 0 aromatic heterocycles. The third-order valence-electron chi connectivity index (χ3n) is 4.39. The first-order valence-corrected chi connectivity index (χ1v) is 9.99. The summed E-state index contributed by atoms with van der Waals surface area (Å²) in [5, 5.41) is 14.4. The van der Waals surface area contributed by atoms with Crippen LogP contribution in [0.3, 0.4) is 0 Å². The van der Waals surface area contributed by atoms with Crippen LogP contribution in [0.2, 0.25) is 0 Å². The molecule has 0 aliphatic rings. The predicted octanol–water partition coefficient (Wildman–Crippen LogP) is 0.558. The van der Waals surface area contributed by atoms with Gasteiger partial charge >= 0.3 is 0 Å². The van der Waals surface area contributed by atoms with E-state index in [9.17, 15) is 19.5 Å². The summed E-state index contributed by atoms with van der Waals surface area (Å²) in [6, 6.07) is -2.75. The molecule has 7 N–H and O–H groups in total. The summed E-state index contributed by atoms with van der Waals surface area (Å²) in [4.78, 5) is 35.9. The summed E-state index contributed by atoms with van der Waals surface area (Å²) < 4.78 is 0. The van der Waals surface area contributed by atoms with Gasteiger partial charge in [0.15, 0.2) is 0 Å². The molecule has 0 saturated heterocycles. The smallest absolute Gasteiger partial charge is 0.245 e. The number of carbonyl (C=O) groups excluding carboxylic acids is 3. The van der Waals surface area contributed by atoms with Gasteiger partial charge in [-0.2, -0.15) is 0 Å². The second kappa shape index (κ2) is 14.4. The zero-order valence-electron chi connectivity index (χ0n) is 17.0. The number of primary amides is 1. The van der Waals surface area contributed by atoms with Crippen LogP contribution in [0, 0.1) is 5.92 Å². The highest BCUT2D eigenvalue weighted by Gasteiger charge is 2.27. The van der Waals surface area contributed by atoms with Crippen LogP contribution in [-0.2, 0) is 14.4 Å². The summed E-state index contributed by atoms with van der Waals surface area (Å²) in [7, 11) is 0. The topological polar surface area (TPSA) is 148 Å². The monoisotopic (exact) mass is 386 g/mol. The lowest BCUT2D eigenvalue weighted by Crippen LogP contribution is -2.56. The summed E-state index contributed by atoms with van der Waals surface area (Å²) in [5.41, 5.74) is 11.2. The molecule has 158 valence electrons. The van der Waals surface area contributed by atoms with Crippen molar-refractivity contribution in [1.29, 1.82) is 0 Å². The van der Waals surface area contributed by atoms with Gasteiger partial charge in [0, 0.05) is 0 Å². The maximum absolute atomic E-state index is 12.3. The van der Waals surface area contributed by atoms with Gasteiger partial charge in [-0.3, -0.25) is 14.4 Å². The fourth-order valence-corrected chi connectivity index (χ4v) is 2.74. The molecular weight excluding hydrogens is 348 g/mol. The first-order valence-electron chi connectivity index (χ1n) is 9.99. The van der Waals surface area contributed by atoms with Crippen molar-refractivity contribution in [2.24, 2.45) is 17.4 Å². The van der Waals surface area contributed by atoms with Crippen LogP contribution < -0.4 is 22.1 Å². The first-order chi connectivity index (χ1) is 12.7. The van der Waals surface area contributed by atoms with Gasteiger partial charge in [-0.1, -0.05) is 59.3 Å². The molecule has 0 unspecified atom stereocenters. The number of rotatable bonds is 15. The van der Waals surface area contributed by atoms with Crippen molar-refractivity contribution >= 4 is 17.7 Å². The molecule has 8 nitrogen and oxygen atoms in total. The molecule has 0 rings (SSSR count). The minimum atomic E-state index is -1.16. The number of aliphatic hydroxyl groups excluding tert-OH is 1. The third-order valence-corrected chi connectivity index (χ3v) is 4.39. The SMILES string of the molecule is CCCCCCCC[C@H](N)C(=O)N[C@@H](CO)C(=O)N[C@@H](CC(C)C)C(N)=O. The summed E-state index contributed by atoms with van der Waals surface area (Å²) in [6.45, 7) is 5.36. The Morgan fingerprint density at radius 2 is 1.48 bits per heavy atom. The average Bonchev–Trinajstić information content (AvgIpc) is 2.60. The highest BCUT2D eigenvalue weighted by molar-refractivity contribution is 5.92. The van der Waals surface area contributed by atoms with Gasteiger partial charge in [-0.05, 0) is 18.8 Å². The van der Waals surface area contributed by atoms with E-state index in [0.29, 0.717) is 12.8 Å². The van der Waals surface area contributed by atoms with Crippen molar-refractivity contribution in [3.8, 4) is 0 Å². The Hall–Kier alpha value is -1.67. The average molecular weight is 387 g/mol. The maximum atomic E-state index is 12.3. The van der Waals surface area contributed by atoms with E-state index in [0.717, 1.165) is 19.3 Å². The predicted molar refractivity (Wildman–Crippen MR) is 106 cm³/mol. The normalized spacial score (nSPS) is 14.4. The van der Waals surface area contributed by atoms with Crippen molar-refractivity contribution < 1.29 is 19.5 Å². The number of unbranched alkanes of at least 4 members (excludes halogenated alkanes) is 5. The van der Waals surface area contributed by atoms with Crippen molar-refractivity contribution in [2.45, 2.75) is 90.3 Å². The van der Waals surface area contributed by atoms with E-state index in [2.05, 4.69) is 17.6 Å². The lowest BCUT2D eigenvalue weighted by atomic mass is 10.0. The minimum Gasteiger partial charge on any atom is -0.394 e. The lowest BCUT2D eigenvalue weighted by molar-refractivity contribution is -0.132. The Balaban J connectivity index is 4.43. The van der Waals surface area contributed by atoms with E-state index in [-0.39, 0.29) is 5.92 Å². The standard InChI is InChI=1S/C19H38N4O4/c1-4-5-6-7-8-9-10-14(20)18(26)23-16(12-24)19(27)22-15(17(21)25)11-13(2)3/h13-16,24H,4-12,20H2,1-3H3,(H2,21,25)(H,22,27)(H,23,26)/t14-,15-,16-/m0/s1. The van der Waals surface area contributed by atoms with Crippen LogP contribution in [0.4, 0.5) is 0 Å². The van der Waals surface area contributed by atoms with Crippen molar-refractivity contribution in [3.05, 3.63) is 0 Å². The largest absolute Gasteiger partial charge is 0.394 e. The zero-order chi connectivity index (χ0) is 20.8. The van der Waals surface area contributed by atoms with Crippen LogP contribution in [0.15, 0.2) is 0 Å². The van der Waals surface area contributed by atoms with Crippen molar-refractivity contribution in [1.82, 2.24) is 10.6 Å². The highest BCUT2D eigenvalue weighted by atomic mass is 16.3. The number of hydrogen-bond acceptors (Lipinski definition) is 5. The number of nitrogens with one attached hydrogen (secondary N) is 2. The second-order valence-corrected chi connectivity index (χ2v) is 7.50. The van der Waals surface area contributed by atoms with E-state index < -0.39 is 42.5 Å². The molecule has 0 heterocycles. The fraction of sp³-hybridized carbons (Fsp3) is 0.842. The number of hydrogen-bond donors (Lipinski definition) is 5. The van der Waals surface area contributed by atoms with Gasteiger partial charge in [0.2, 0.25) is 17.7 Å². The molecule has 0 radical (unpaired) electrons. The van der Waals surface area contributed by atoms with Crippen molar-refractivity contribution in [3.63, 3.8) is 0 Å². The van der Waals surface area contributed by atoms with Crippen LogP contribution >= 0.6 is 0 Å². The molecule has 0 spiro atoms. The van der Waals surface area contributed by atoms with Gasteiger partial charge in [-0.15, -0.1) is 0 Å². The Kier molecular flexibility index (Phi) is 13.5. The maximum Gasteiger partial charge on any atom is 0.245 e. The fourth-order valence-electron chi connectivity index (χ4n) is 2.74. The Morgan fingerprint density at radius 1 is 0.926 bits per heavy atom. The molecule has 0 aliphatic carbocycles. The highest BCUT2D eigenvalue weighted by Crippen LogP contribution is 2.08. The van der Waals surface area contributed by atoms with Gasteiger partial charge < -0.3 is 27.2 Å². The van der Waals surface area contributed by atoms with Crippen LogP contribution in [0.5, 0.6) is 0 Å². The quantitative estimate of drug-likeness (QED) is 0.261. The molecule has 0 aromatic carbocycles. The minimum absolute atomic E-state index is 0.149. The van der Waals surface area contributed by atoms with Gasteiger partial charge in [-0.25, -0.2) is 0 Å². The zero-order valence-corrected chi connectivity index (χ0v) is 17.0. The van der Waals surface area contributed by atoms with Crippen LogP contribution in [-0.4, -0.2) is 47.6 Å². The molecule has 3 atom stereocenters.